The smallest absolute Gasteiger partial charge is 0.258 e. The number of amides is 2. The average Bonchev–Trinajstić information content (AvgIpc) is 2.63. The number of carbonyl (C=O) groups excluding carboxylic acids is 2. The van der Waals surface area contributed by atoms with Crippen molar-refractivity contribution in [2.75, 3.05) is 13.7 Å². The van der Waals surface area contributed by atoms with Crippen LogP contribution in [0.3, 0.4) is 0 Å². The van der Waals surface area contributed by atoms with Crippen LogP contribution in [0.2, 0.25) is 0 Å². The summed E-state index contributed by atoms with van der Waals surface area (Å²) in [7, 11) is 1.59. The zero-order chi connectivity index (χ0) is 16.9. The van der Waals surface area contributed by atoms with Gasteiger partial charge in [-0.2, -0.15) is 0 Å². The fourth-order valence-electron chi connectivity index (χ4n) is 2.50. The fraction of sp³-hybridized carbons (Fsp3) is 0.222. The zero-order valence-corrected chi connectivity index (χ0v) is 13.2. The molecule has 0 radical (unpaired) electrons. The predicted octanol–water partition coefficient (Wildman–Crippen LogP) is 1.43. The second kappa shape index (κ2) is 7.04. The van der Waals surface area contributed by atoms with E-state index in [2.05, 4.69) is 10.6 Å². The monoisotopic (exact) mass is 326 g/mol. The quantitative estimate of drug-likeness (QED) is 0.788. The average molecular weight is 326 g/mol. The summed E-state index contributed by atoms with van der Waals surface area (Å²) in [4.78, 5) is 23.8. The van der Waals surface area contributed by atoms with Crippen molar-refractivity contribution in [2.24, 2.45) is 0 Å². The van der Waals surface area contributed by atoms with Crippen LogP contribution >= 0.6 is 0 Å². The molecule has 1 saturated heterocycles. The molecular formula is C18H18N2O4. The Balaban J connectivity index is 1.56. The number of nitrogens with one attached hydrogen (secondary N) is 2. The molecule has 0 bridgehead atoms. The van der Waals surface area contributed by atoms with Gasteiger partial charge in [0.1, 0.15) is 17.5 Å². The van der Waals surface area contributed by atoms with Gasteiger partial charge in [-0.15, -0.1) is 0 Å². The highest BCUT2D eigenvalue weighted by molar-refractivity contribution is 5.94. The first-order valence-electron chi connectivity index (χ1n) is 7.59. The van der Waals surface area contributed by atoms with Crippen molar-refractivity contribution in [1.82, 2.24) is 10.6 Å². The normalized spacial score (nSPS) is 19.0. The maximum absolute atomic E-state index is 12.0. The number of hydrogen-bond acceptors (Lipinski definition) is 4. The largest absolute Gasteiger partial charge is 0.497 e. The summed E-state index contributed by atoms with van der Waals surface area (Å²) in [5, 5.41) is 5.50. The highest BCUT2D eigenvalue weighted by atomic mass is 16.5. The molecule has 1 aliphatic heterocycles. The second-order valence-corrected chi connectivity index (χ2v) is 5.41. The zero-order valence-electron chi connectivity index (χ0n) is 13.2. The molecule has 3 rings (SSSR count). The van der Waals surface area contributed by atoms with Crippen molar-refractivity contribution in [3.05, 3.63) is 60.2 Å². The molecule has 0 spiro atoms. The molecule has 0 saturated carbocycles. The Bertz CT molecular complexity index is 716. The van der Waals surface area contributed by atoms with E-state index < -0.39 is 6.04 Å². The minimum Gasteiger partial charge on any atom is -0.497 e. The number of ether oxygens (including phenoxy) is 2. The number of rotatable bonds is 6. The molecule has 2 unspecified atom stereocenters. The lowest BCUT2D eigenvalue weighted by Gasteiger charge is -2.37. The molecule has 2 aromatic carbocycles. The number of β-lactam (4-membered cyclic amide) rings is 1. The van der Waals surface area contributed by atoms with E-state index in [-0.39, 0.29) is 24.5 Å². The number of carbonyl (C=O) groups is 2. The summed E-state index contributed by atoms with van der Waals surface area (Å²) in [6.45, 7) is -0.136. The van der Waals surface area contributed by atoms with E-state index in [1.54, 1.807) is 19.2 Å². The summed E-state index contributed by atoms with van der Waals surface area (Å²) in [6, 6.07) is 15.6. The van der Waals surface area contributed by atoms with Gasteiger partial charge in [0.25, 0.3) is 5.91 Å². The van der Waals surface area contributed by atoms with E-state index in [1.165, 1.54) is 0 Å². The number of methoxy groups -OCH3 is 1. The summed E-state index contributed by atoms with van der Waals surface area (Å²) in [5.41, 5.74) is 0.907. The van der Waals surface area contributed by atoms with Gasteiger partial charge in [-0.3, -0.25) is 9.59 Å². The maximum atomic E-state index is 12.0. The van der Waals surface area contributed by atoms with Crippen molar-refractivity contribution in [3.8, 4) is 11.5 Å². The third-order valence-electron chi connectivity index (χ3n) is 3.82. The molecule has 1 aliphatic rings. The summed E-state index contributed by atoms with van der Waals surface area (Å²) in [5.74, 6) is 0.805. The fourth-order valence-corrected chi connectivity index (χ4v) is 2.50. The lowest BCUT2D eigenvalue weighted by Crippen LogP contribution is -2.64. The molecule has 6 heteroatoms. The second-order valence-electron chi connectivity index (χ2n) is 5.41. The van der Waals surface area contributed by atoms with Crippen LogP contribution in [0.5, 0.6) is 11.5 Å². The van der Waals surface area contributed by atoms with Crippen LogP contribution in [0.4, 0.5) is 0 Å². The van der Waals surface area contributed by atoms with E-state index in [1.807, 2.05) is 42.5 Å². The van der Waals surface area contributed by atoms with Crippen LogP contribution in [-0.4, -0.2) is 31.6 Å². The van der Waals surface area contributed by atoms with Gasteiger partial charge in [-0.25, -0.2) is 0 Å². The Kier molecular flexibility index (Phi) is 4.65. The van der Waals surface area contributed by atoms with Crippen molar-refractivity contribution < 1.29 is 19.1 Å². The van der Waals surface area contributed by atoms with Gasteiger partial charge in [0.2, 0.25) is 5.91 Å². The lowest BCUT2D eigenvalue weighted by molar-refractivity contribution is -0.137. The van der Waals surface area contributed by atoms with Crippen molar-refractivity contribution in [2.45, 2.75) is 12.1 Å². The van der Waals surface area contributed by atoms with Crippen LogP contribution in [0.1, 0.15) is 11.6 Å². The Morgan fingerprint density at radius 2 is 1.79 bits per heavy atom. The number of benzene rings is 2. The van der Waals surface area contributed by atoms with E-state index in [4.69, 9.17) is 9.47 Å². The first kappa shape index (κ1) is 15.9. The third kappa shape index (κ3) is 3.48. The summed E-state index contributed by atoms with van der Waals surface area (Å²) in [6.07, 6.45) is 0. The first-order valence-corrected chi connectivity index (χ1v) is 7.59. The molecule has 2 amide bonds. The van der Waals surface area contributed by atoms with Gasteiger partial charge in [-0.1, -0.05) is 30.3 Å². The Morgan fingerprint density at radius 1 is 1.08 bits per heavy atom. The van der Waals surface area contributed by atoms with Crippen LogP contribution < -0.4 is 20.1 Å². The topological polar surface area (TPSA) is 76.7 Å². The van der Waals surface area contributed by atoms with Crippen LogP contribution in [0, 0.1) is 0 Å². The highest BCUT2D eigenvalue weighted by Gasteiger charge is 2.41. The molecular weight excluding hydrogens is 308 g/mol. The highest BCUT2D eigenvalue weighted by Crippen LogP contribution is 2.26. The molecule has 2 aromatic rings. The Hall–Kier alpha value is -3.02. The summed E-state index contributed by atoms with van der Waals surface area (Å²) >= 11 is 0. The maximum Gasteiger partial charge on any atom is 0.258 e. The molecule has 2 atom stereocenters. The molecule has 0 aromatic heterocycles. The van der Waals surface area contributed by atoms with E-state index in [0.29, 0.717) is 5.75 Å². The van der Waals surface area contributed by atoms with Crippen molar-refractivity contribution >= 4 is 11.8 Å². The lowest BCUT2D eigenvalue weighted by atomic mass is 9.91. The van der Waals surface area contributed by atoms with Crippen LogP contribution in [-0.2, 0) is 9.59 Å². The molecule has 0 aliphatic carbocycles. The van der Waals surface area contributed by atoms with Crippen LogP contribution in [0.25, 0.3) is 0 Å². The molecule has 124 valence electrons. The van der Waals surface area contributed by atoms with Crippen molar-refractivity contribution in [3.63, 3.8) is 0 Å². The van der Waals surface area contributed by atoms with Gasteiger partial charge in [0.15, 0.2) is 6.61 Å². The summed E-state index contributed by atoms with van der Waals surface area (Å²) < 4.78 is 10.5. The number of para-hydroxylation sites is 1. The van der Waals surface area contributed by atoms with E-state index in [9.17, 15) is 9.59 Å². The van der Waals surface area contributed by atoms with Gasteiger partial charge in [0, 0.05) is 0 Å². The molecule has 24 heavy (non-hydrogen) atoms. The van der Waals surface area contributed by atoms with E-state index in [0.717, 1.165) is 11.3 Å². The van der Waals surface area contributed by atoms with Gasteiger partial charge in [-0.05, 0) is 29.8 Å². The van der Waals surface area contributed by atoms with Gasteiger partial charge >= 0.3 is 0 Å². The number of hydrogen-bond donors (Lipinski definition) is 2. The van der Waals surface area contributed by atoms with Crippen molar-refractivity contribution in [1.29, 1.82) is 0 Å². The third-order valence-corrected chi connectivity index (χ3v) is 3.82. The molecule has 6 nitrogen and oxygen atoms in total. The Morgan fingerprint density at radius 3 is 2.42 bits per heavy atom. The predicted molar refractivity (Wildman–Crippen MR) is 87.7 cm³/mol. The molecule has 1 heterocycles. The van der Waals surface area contributed by atoms with Gasteiger partial charge in [0.05, 0.1) is 13.2 Å². The molecule has 1 fully saturated rings. The minimum atomic E-state index is -0.592. The van der Waals surface area contributed by atoms with Gasteiger partial charge < -0.3 is 20.1 Å². The SMILES string of the molecule is COc1ccc(C2NC(=O)C2NC(=O)COc2ccccc2)cc1. The first-order chi connectivity index (χ1) is 11.7. The Labute approximate surface area is 139 Å². The molecule has 2 N–H and O–H groups in total. The van der Waals surface area contributed by atoms with E-state index >= 15 is 0 Å². The minimum absolute atomic E-state index is 0.136. The van der Waals surface area contributed by atoms with Crippen LogP contribution in [0.15, 0.2) is 54.6 Å². The standard InChI is InChI=1S/C18H18N2O4/c1-23-13-9-7-12(8-10-13)16-17(18(22)20-16)19-15(21)11-24-14-5-3-2-4-6-14/h2-10,16-17H,11H2,1H3,(H,19,21)(H,20,22).